The Hall–Kier alpha value is -2.37. The first kappa shape index (κ1) is 11.7. The summed E-state index contributed by atoms with van der Waals surface area (Å²) in [5.41, 5.74) is 0.209. The third kappa shape index (κ3) is 2.57. The average Bonchev–Trinajstić information content (AvgIpc) is 2.19. The standard InChI is InChI=1S/C10H9NO5/c1-2-4-7-8(10(12)13)5-3-6-9(7)16-11(14)15/h2-3,5-6H,1,4H2,(H,12,13). The molecule has 0 aliphatic heterocycles. The monoisotopic (exact) mass is 223 g/mol. The van der Waals surface area contributed by atoms with Gasteiger partial charge in [0.2, 0.25) is 0 Å². The fourth-order valence-electron chi connectivity index (χ4n) is 1.29. The molecule has 0 saturated heterocycles. The zero-order valence-corrected chi connectivity index (χ0v) is 8.25. The minimum Gasteiger partial charge on any atom is -0.478 e. The van der Waals surface area contributed by atoms with Gasteiger partial charge < -0.3 is 5.11 Å². The Morgan fingerprint density at radius 3 is 2.81 bits per heavy atom. The Morgan fingerprint density at radius 1 is 1.62 bits per heavy atom. The predicted molar refractivity (Wildman–Crippen MR) is 54.9 cm³/mol. The van der Waals surface area contributed by atoms with Crippen molar-refractivity contribution in [3.05, 3.63) is 52.1 Å². The molecule has 0 heterocycles. The van der Waals surface area contributed by atoms with Crippen molar-refractivity contribution in [2.24, 2.45) is 0 Å². The van der Waals surface area contributed by atoms with E-state index in [1.54, 1.807) is 0 Å². The van der Waals surface area contributed by atoms with E-state index >= 15 is 0 Å². The van der Waals surface area contributed by atoms with Crippen molar-refractivity contribution in [2.75, 3.05) is 0 Å². The van der Waals surface area contributed by atoms with Gasteiger partial charge in [0.1, 0.15) is 5.75 Å². The molecule has 1 rings (SSSR count). The maximum absolute atomic E-state index is 10.9. The van der Waals surface area contributed by atoms with Crippen LogP contribution in [0.5, 0.6) is 5.75 Å². The summed E-state index contributed by atoms with van der Waals surface area (Å²) in [6.45, 7) is 3.46. The Labute approximate surface area is 90.9 Å². The van der Waals surface area contributed by atoms with Crippen molar-refractivity contribution < 1.29 is 19.8 Å². The van der Waals surface area contributed by atoms with E-state index in [0.29, 0.717) is 0 Å². The fraction of sp³-hybridized carbons (Fsp3) is 0.100. The molecule has 0 radical (unpaired) electrons. The smallest absolute Gasteiger partial charge is 0.336 e. The van der Waals surface area contributed by atoms with Crippen molar-refractivity contribution in [3.63, 3.8) is 0 Å². The SMILES string of the molecule is C=CCc1c(O[N+](=O)[O-])cccc1C(=O)O. The molecule has 0 amide bonds. The van der Waals surface area contributed by atoms with Crippen LogP contribution in [0, 0.1) is 10.1 Å². The van der Waals surface area contributed by atoms with Crippen molar-refractivity contribution >= 4 is 5.97 Å². The second-order valence-electron chi connectivity index (χ2n) is 2.90. The zero-order chi connectivity index (χ0) is 12.1. The second kappa shape index (κ2) is 4.92. The number of allylic oxidation sites excluding steroid dienone is 1. The molecule has 0 fully saturated rings. The highest BCUT2D eigenvalue weighted by Crippen LogP contribution is 2.23. The van der Waals surface area contributed by atoms with E-state index in [4.69, 9.17) is 5.11 Å². The van der Waals surface area contributed by atoms with E-state index in [1.165, 1.54) is 24.3 Å². The first-order chi connectivity index (χ1) is 7.56. The van der Waals surface area contributed by atoms with Gasteiger partial charge in [-0.15, -0.1) is 16.7 Å². The number of aromatic carboxylic acids is 1. The van der Waals surface area contributed by atoms with Crippen molar-refractivity contribution in [2.45, 2.75) is 6.42 Å². The second-order valence-corrected chi connectivity index (χ2v) is 2.90. The van der Waals surface area contributed by atoms with Crippen LogP contribution in [-0.2, 0) is 6.42 Å². The number of hydrogen-bond acceptors (Lipinski definition) is 4. The summed E-state index contributed by atoms with van der Waals surface area (Å²) in [6.07, 6.45) is 1.64. The molecule has 6 heteroatoms. The first-order valence-corrected chi connectivity index (χ1v) is 4.34. The van der Waals surface area contributed by atoms with E-state index in [0.717, 1.165) is 0 Å². The molecule has 0 bridgehead atoms. The lowest BCUT2D eigenvalue weighted by atomic mass is 10.0. The van der Waals surface area contributed by atoms with Crippen LogP contribution >= 0.6 is 0 Å². The largest absolute Gasteiger partial charge is 0.478 e. The van der Waals surface area contributed by atoms with Gasteiger partial charge in [0.05, 0.1) is 5.56 Å². The number of carboxylic acids is 1. The normalized spacial score (nSPS) is 9.50. The van der Waals surface area contributed by atoms with Crippen molar-refractivity contribution in [3.8, 4) is 5.75 Å². The molecule has 84 valence electrons. The van der Waals surface area contributed by atoms with Gasteiger partial charge in [0.25, 0.3) is 5.09 Å². The van der Waals surface area contributed by atoms with Crippen molar-refractivity contribution in [1.29, 1.82) is 0 Å². The van der Waals surface area contributed by atoms with Gasteiger partial charge in [-0.3, -0.25) is 4.84 Å². The summed E-state index contributed by atoms with van der Waals surface area (Å²) in [5, 5.41) is 18.1. The van der Waals surface area contributed by atoms with Crippen LogP contribution in [-0.4, -0.2) is 16.2 Å². The molecule has 6 nitrogen and oxygen atoms in total. The molecular weight excluding hydrogens is 214 g/mol. The first-order valence-electron chi connectivity index (χ1n) is 4.34. The third-order valence-electron chi connectivity index (χ3n) is 1.88. The number of nitrogens with zero attached hydrogens (tertiary/aromatic N) is 1. The minimum absolute atomic E-state index is 0.0285. The number of benzene rings is 1. The molecule has 0 aromatic heterocycles. The lowest BCUT2D eigenvalue weighted by molar-refractivity contribution is -0.711. The molecule has 0 spiro atoms. The molecule has 0 aliphatic carbocycles. The quantitative estimate of drug-likeness (QED) is 0.466. The summed E-state index contributed by atoms with van der Waals surface area (Å²) < 4.78 is 0. The Balaban J connectivity index is 3.25. The summed E-state index contributed by atoms with van der Waals surface area (Å²) in [5.74, 6) is -1.24. The Morgan fingerprint density at radius 2 is 2.31 bits per heavy atom. The molecule has 0 aliphatic rings. The Kier molecular flexibility index (Phi) is 3.60. The highest BCUT2D eigenvalue weighted by Gasteiger charge is 2.14. The van der Waals surface area contributed by atoms with E-state index in [9.17, 15) is 14.9 Å². The Bertz CT molecular complexity index is 441. The zero-order valence-electron chi connectivity index (χ0n) is 8.25. The van der Waals surface area contributed by atoms with E-state index in [1.807, 2.05) is 0 Å². The van der Waals surface area contributed by atoms with Crippen LogP contribution in [0.3, 0.4) is 0 Å². The summed E-state index contributed by atoms with van der Waals surface area (Å²) in [7, 11) is 0. The van der Waals surface area contributed by atoms with Crippen LogP contribution in [0.25, 0.3) is 0 Å². The van der Waals surface area contributed by atoms with Crippen LogP contribution < -0.4 is 4.84 Å². The molecule has 1 aromatic rings. The highest BCUT2D eigenvalue weighted by molar-refractivity contribution is 5.90. The van der Waals surface area contributed by atoms with Gasteiger partial charge in [0, 0.05) is 5.56 Å². The van der Waals surface area contributed by atoms with Gasteiger partial charge in [-0.05, 0) is 18.6 Å². The van der Waals surface area contributed by atoms with E-state index in [2.05, 4.69) is 11.4 Å². The molecule has 0 unspecified atom stereocenters. The summed E-state index contributed by atoms with van der Waals surface area (Å²) >= 11 is 0. The van der Waals surface area contributed by atoms with Gasteiger partial charge in [-0.25, -0.2) is 4.79 Å². The van der Waals surface area contributed by atoms with Crippen LogP contribution in [0.2, 0.25) is 0 Å². The number of carbonyl (C=O) groups is 1. The lowest BCUT2D eigenvalue weighted by Crippen LogP contribution is -2.09. The molecule has 1 aromatic carbocycles. The van der Waals surface area contributed by atoms with Gasteiger partial charge >= 0.3 is 5.97 Å². The van der Waals surface area contributed by atoms with Gasteiger partial charge in [-0.2, -0.15) is 0 Å². The van der Waals surface area contributed by atoms with E-state index < -0.39 is 11.1 Å². The highest BCUT2D eigenvalue weighted by atomic mass is 17.0. The number of carboxylic acid groups (broad SMARTS) is 1. The van der Waals surface area contributed by atoms with Crippen LogP contribution in [0.15, 0.2) is 30.9 Å². The van der Waals surface area contributed by atoms with Crippen molar-refractivity contribution in [1.82, 2.24) is 0 Å². The van der Waals surface area contributed by atoms with Crippen LogP contribution in [0.1, 0.15) is 15.9 Å². The third-order valence-corrected chi connectivity index (χ3v) is 1.88. The molecular formula is C10H9NO5. The average molecular weight is 223 g/mol. The van der Waals surface area contributed by atoms with E-state index in [-0.39, 0.29) is 23.3 Å². The maximum Gasteiger partial charge on any atom is 0.336 e. The number of hydrogen-bond donors (Lipinski definition) is 1. The maximum atomic E-state index is 10.9. The molecule has 16 heavy (non-hydrogen) atoms. The van der Waals surface area contributed by atoms with Gasteiger partial charge in [-0.1, -0.05) is 12.1 Å². The molecule has 1 N–H and O–H groups in total. The fourth-order valence-corrected chi connectivity index (χ4v) is 1.29. The van der Waals surface area contributed by atoms with Crippen LogP contribution in [0.4, 0.5) is 0 Å². The molecule has 0 saturated carbocycles. The topological polar surface area (TPSA) is 89.7 Å². The number of rotatable bonds is 5. The molecule has 0 atom stereocenters. The predicted octanol–water partition coefficient (Wildman–Crippen LogP) is 1.68. The minimum atomic E-state index is -1.16. The summed E-state index contributed by atoms with van der Waals surface area (Å²) in [6, 6.07) is 4.08. The lowest BCUT2D eigenvalue weighted by Gasteiger charge is -2.08. The summed E-state index contributed by atoms with van der Waals surface area (Å²) in [4.78, 5) is 25.4. The van der Waals surface area contributed by atoms with Gasteiger partial charge in [0.15, 0.2) is 0 Å².